The van der Waals surface area contributed by atoms with Crippen molar-refractivity contribution in [1.82, 2.24) is 5.32 Å². The van der Waals surface area contributed by atoms with Gasteiger partial charge in [0.25, 0.3) is 5.91 Å². The van der Waals surface area contributed by atoms with E-state index in [0.717, 1.165) is 5.56 Å². The van der Waals surface area contributed by atoms with Crippen LogP contribution < -0.4 is 10.2 Å². The normalized spacial score (nSPS) is 13.4. The van der Waals surface area contributed by atoms with E-state index in [1.54, 1.807) is 41.5 Å². The third kappa shape index (κ3) is 4.49. The van der Waals surface area contributed by atoms with E-state index in [9.17, 15) is 14.4 Å². The number of carbonyl (C=O) groups excluding carboxylic acids is 3. The number of rotatable bonds is 5. The second-order valence-electron chi connectivity index (χ2n) is 6.45. The first-order valence-corrected chi connectivity index (χ1v) is 8.76. The molecule has 0 aliphatic carbocycles. The minimum Gasteiger partial charge on any atom is -0.465 e. The maximum absolute atomic E-state index is 12.5. The van der Waals surface area contributed by atoms with Crippen LogP contribution in [0.15, 0.2) is 53.9 Å². The smallest absolute Gasteiger partial charge is 0.355 e. The molecule has 1 aromatic carbocycles. The Bertz CT molecular complexity index is 881. The third-order valence-corrected chi connectivity index (χ3v) is 4.03. The van der Waals surface area contributed by atoms with Crippen molar-refractivity contribution in [2.45, 2.75) is 26.8 Å². The zero-order valence-electron chi connectivity index (χ0n) is 16.6. The first-order chi connectivity index (χ1) is 13.3. The van der Waals surface area contributed by atoms with E-state index >= 15 is 0 Å². The molecule has 1 aliphatic heterocycles. The van der Waals surface area contributed by atoms with Crippen molar-refractivity contribution in [2.24, 2.45) is 0 Å². The molecule has 1 aromatic rings. The Hall–Kier alpha value is -3.35. The molecule has 0 spiro atoms. The zero-order chi connectivity index (χ0) is 20.8. The lowest BCUT2D eigenvalue weighted by atomic mass is 10.1. The fourth-order valence-electron chi connectivity index (χ4n) is 2.76. The minimum absolute atomic E-state index is 0.0172. The number of amides is 1. The number of hydrogen-bond donors (Lipinski definition) is 1. The Morgan fingerprint density at radius 3 is 2.29 bits per heavy atom. The number of esters is 2. The second-order valence-corrected chi connectivity index (χ2v) is 6.45. The van der Waals surface area contributed by atoms with E-state index < -0.39 is 11.9 Å². The van der Waals surface area contributed by atoms with E-state index in [1.807, 2.05) is 20.8 Å². The van der Waals surface area contributed by atoms with Gasteiger partial charge < -0.3 is 19.7 Å². The molecule has 0 atom stereocenters. The molecule has 1 amide bonds. The van der Waals surface area contributed by atoms with Crippen LogP contribution in [0.5, 0.6) is 0 Å². The molecule has 7 heteroatoms. The monoisotopic (exact) mass is 384 g/mol. The van der Waals surface area contributed by atoms with Gasteiger partial charge in [-0.05, 0) is 56.7 Å². The predicted molar refractivity (Wildman–Crippen MR) is 106 cm³/mol. The number of nitrogens with one attached hydrogen (secondary N) is 1. The number of hydrogen-bond acceptors (Lipinski definition) is 6. The van der Waals surface area contributed by atoms with Crippen LogP contribution in [0.4, 0.5) is 5.69 Å². The Balaban J connectivity index is 2.56. The molecular formula is C21H24N2O5. The summed E-state index contributed by atoms with van der Waals surface area (Å²) in [6, 6.07) is 5.13. The summed E-state index contributed by atoms with van der Waals surface area (Å²) in [6.07, 6.45) is 6.47. The minimum atomic E-state index is -0.683. The summed E-state index contributed by atoms with van der Waals surface area (Å²) >= 11 is 0. The molecule has 1 aliphatic rings. The van der Waals surface area contributed by atoms with Gasteiger partial charge in [0.1, 0.15) is 5.70 Å². The number of aryl methyl sites for hydroxylation is 1. The van der Waals surface area contributed by atoms with Crippen LogP contribution in [0.1, 0.15) is 29.8 Å². The standard InChI is InChI=1S/C21H24N2O5/c1-13(2)22-19(24)15-9-10-17(14(3)12-15)23-11-7-6-8-16(20(25)27-4)18(23)21(26)28-5/h6-13H,1-5H3,(H,22,24). The van der Waals surface area contributed by atoms with Gasteiger partial charge in [-0.25, -0.2) is 9.59 Å². The SMILES string of the molecule is COC(=O)C1=C(C(=O)OC)N(c2ccc(C(=O)NC(C)C)cc2C)C=CC=C1. The van der Waals surface area contributed by atoms with Crippen LogP contribution in [0.25, 0.3) is 0 Å². The third-order valence-electron chi connectivity index (χ3n) is 4.03. The summed E-state index contributed by atoms with van der Waals surface area (Å²) in [5, 5.41) is 2.84. The van der Waals surface area contributed by atoms with Crippen molar-refractivity contribution in [3.8, 4) is 0 Å². The number of benzene rings is 1. The molecule has 0 aromatic heterocycles. The lowest BCUT2D eigenvalue weighted by molar-refractivity contribution is -0.139. The van der Waals surface area contributed by atoms with Crippen LogP contribution in [0.2, 0.25) is 0 Å². The van der Waals surface area contributed by atoms with Gasteiger partial charge in [0.2, 0.25) is 0 Å². The van der Waals surface area contributed by atoms with Crippen molar-refractivity contribution < 1.29 is 23.9 Å². The maximum atomic E-state index is 12.5. The maximum Gasteiger partial charge on any atom is 0.355 e. The summed E-state index contributed by atoms with van der Waals surface area (Å²) in [5.41, 5.74) is 1.97. The van der Waals surface area contributed by atoms with Gasteiger partial charge in [-0.15, -0.1) is 0 Å². The Labute approximate surface area is 164 Å². The molecule has 0 bridgehead atoms. The molecule has 0 saturated heterocycles. The highest BCUT2D eigenvalue weighted by Crippen LogP contribution is 2.29. The van der Waals surface area contributed by atoms with Crippen LogP contribution in [-0.4, -0.2) is 38.1 Å². The summed E-state index contributed by atoms with van der Waals surface area (Å²) in [6.45, 7) is 5.59. The van der Waals surface area contributed by atoms with Crippen LogP contribution >= 0.6 is 0 Å². The summed E-state index contributed by atoms with van der Waals surface area (Å²) < 4.78 is 9.70. The highest BCUT2D eigenvalue weighted by Gasteiger charge is 2.28. The van der Waals surface area contributed by atoms with Crippen molar-refractivity contribution in [3.63, 3.8) is 0 Å². The number of methoxy groups -OCH3 is 2. The van der Waals surface area contributed by atoms with Gasteiger partial charge in [-0.3, -0.25) is 4.79 Å². The van der Waals surface area contributed by atoms with Gasteiger partial charge in [0.05, 0.1) is 19.8 Å². The Morgan fingerprint density at radius 1 is 1.04 bits per heavy atom. The number of allylic oxidation sites excluding steroid dienone is 2. The quantitative estimate of drug-likeness (QED) is 0.786. The lowest BCUT2D eigenvalue weighted by Crippen LogP contribution is -2.30. The second kappa shape index (κ2) is 9.03. The van der Waals surface area contributed by atoms with Crippen LogP contribution in [0.3, 0.4) is 0 Å². The molecule has 7 nitrogen and oxygen atoms in total. The molecule has 0 fully saturated rings. The largest absolute Gasteiger partial charge is 0.465 e. The summed E-state index contributed by atoms with van der Waals surface area (Å²) in [4.78, 5) is 38.5. The fourth-order valence-corrected chi connectivity index (χ4v) is 2.76. The Kier molecular flexibility index (Phi) is 6.76. The number of anilines is 1. The van der Waals surface area contributed by atoms with Crippen molar-refractivity contribution in [1.29, 1.82) is 0 Å². The average Bonchev–Trinajstić information content (AvgIpc) is 2.88. The molecule has 28 heavy (non-hydrogen) atoms. The number of carbonyl (C=O) groups is 3. The van der Waals surface area contributed by atoms with Crippen molar-refractivity contribution in [3.05, 3.63) is 65.0 Å². The molecule has 1 heterocycles. The molecule has 148 valence electrons. The first-order valence-electron chi connectivity index (χ1n) is 8.76. The van der Waals surface area contributed by atoms with Gasteiger partial charge in [-0.1, -0.05) is 6.08 Å². The molecule has 0 radical (unpaired) electrons. The fraction of sp³-hybridized carbons (Fsp3) is 0.286. The average molecular weight is 384 g/mol. The summed E-state index contributed by atoms with van der Waals surface area (Å²) in [7, 11) is 2.49. The lowest BCUT2D eigenvalue weighted by Gasteiger charge is -2.25. The molecular weight excluding hydrogens is 360 g/mol. The Morgan fingerprint density at radius 2 is 1.71 bits per heavy atom. The number of nitrogens with zero attached hydrogens (tertiary/aromatic N) is 1. The molecule has 1 N–H and O–H groups in total. The molecule has 2 rings (SSSR count). The van der Waals surface area contributed by atoms with Gasteiger partial charge >= 0.3 is 11.9 Å². The van der Waals surface area contributed by atoms with Crippen LogP contribution in [0, 0.1) is 6.92 Å². The summed E-state index contributed by atoms with van der Waals surface area (Å²) in [5.74, 6) is -1.52. The predicted octanol–water partition coefficient (Wildman–Crippen LogP) is 2.62. The van der Waals surface area contributed by atoms with Gasteiger partial charge in [-0.2, -0.15) is 0 Å². The van der Waals surface area contributed by atoms with E-state index in [0.29, 0.717) is 11.3 Å². The van der Waals surface area contributed by atoms with E-state index in [-0.39, 0.29) is 23.2 Å². The van der Waals surface area contributed by atoms with Gasteiger partial charge in [0, 0.05) is 23.5 Å². The topological polar surface area (TPSA) is 84.9 Å². The van der Waals surface area contributed by atoms with E-state index in [1.165, 1.54) is 20.3 Å². The van der Waals surface area contributed by atoms with Crippen LogP contribution in [-0.2, 0) is 19.1 Å². The van der Waals surface area contributed by atoms with E-state index in [4.69, 9.17) is 9.47 Å². The van der Waals surface area contributed by atoms with Crippen molar-refractivity contribution in [2.75, 3.05) is 19.1 Å². The van der Waals surface area contributed by atoms with Gasteiger partial charge in [0.15, 0.2) is 0 Å². The van der Waals surface area contributed by atoms with E-state index in [2.05, 4.69) is 5.32 Å². The number of ether oxygens (including phenoxy) is 2. The molecule has 0 saturated carbocycles. The molecule has 0 unspecified atom stereocenters. The van der Waals surface area contributed by atoms with Crippen molar-refractivity contribution >= 4 is 23.5 Å². The highest BCUT2D eigenvalue weighted by atomic mass is 16.5. The first kappa shape index (κ1) is 21.0. The zero-order valence-corrected chi connectivity index (χ0v) is 16.6. The highest BCUT2D eigenvalue weighted by molar-refractivity contribution is 6.05.